The van der Waals surface area contributed by atoms with Gasteiger partial charge in [0.25, 0.3) is 0 Å². The highest BCUT2D eigenvalue weighted by Crippen LogP contribution is 2.31. The first-order chi connectivity index (χ1) is 8.63. The highest BCUT2D eigenvalue weighted by molar-refractivity contribution is 5.74. The number of hydrogen-bond donors (Lipinski definition) is 1. The van der Waals surface area contributed by atoms with Crippen LogP contribution >= 0.6 is 0 Å². The molecule has 1 N–H and O–H groups in total. The second-order valence-electron chi connectivity index (χ2n) is 4.65. The Morgan fingerprint density at radius 3 is 3.00 bits per heavy atom. The van der Waals surface area contributed by atoms with Crippen molar-refractivity contribution in [3.8, 4) is 0 Å². The minimum Gasteiger partial charge on any atom is -0.466 e. The molecule has 2 unspecified atom stereocenters. The lowest BCUT2D eigenvalue weighted by Crippen LogP contribution is -2.24. The third-order valence-corrected chi connectivity index (χ3v) is 3.35. The summed E-state index contributed by atoms with van der Waals surface area (Å²) in [5, 5.41) is 3.14. The van der Waals surface area contributed by atoms with Crippen molar-refractivity contribution in [2.45, 2.75) is 19.8 Å². The number of carbonyl (C=O) groups is 1. The predicted octanol–water partition coefficient (Wildman–Crippen LogP) is 2.00. The summed E-state index contributed by atoms with van der Waals surface area (Å²) in [5.74, 6) is -0.915. The van der Waals surface area contributed by atoms with E-state index in [1.807, 2.05) is 13.0 Å². The van der Waals surface area contributed by atoms with Gasteiger partial charge in [-0.3, -0.25) is 4.79 Å². The summed E-state index contributed by atoms with van der Waals surface area (Å²) >= 11 is 0. The molecule has 1 heterocycles. The van der Waals surface area contributed by atoms with Gasteiger partial charge in [0.2, 0.25) is 0 Å². The molecule has 1 aromatic carbocycles. The highest BCUT2D eigenvalue weighted by Gasteiger charge is 2.36. The van der Waals surface area contributed by atoms with Crippen LogP contribution in [0.1, 0.15) is 24.0 Å². The van der Waals surface area contributed by atoms with E-state index in [-0.39, 0.29) is 23.6 Å². The van der Waals surface area contributed by atoms with Crippen LogP contribution in [0.15, 0.2) is 18.2 Å². The average Bonchev–Trinajstić information content (AvgIpc) is 2.81. The summed E-state index contributed by atoms with van der Waals surface area (Å²) in [6.45, 7) is 5.23. The monoisotopic (exact) mass is 251 g/mol. The summed E-state index contributed by atoms with van der Waals surface area (Å²) in [6, 6.07) is 5.02. The predicted molar refractivity (Wildman–Crippen MR) is 66.9 cm³/mol. The van der Waals surface area contributed by atoms with Gasteiger partial charge in [-0.05, 0) is 25.5 Å². The fourth-order valence-corrected chi connectivity index (χ4v) is 2.45. The van der Waals surface area contributed by atoms with Gasteiger partial charge in [-0.25, -0.2) is 4.39 Å². The smallest absolute Gasteiger partial charge is 0.310 e. The second-order valence-corrected chi connectivity index (χ2v) is 4.65. The summed E-state index contributed by atoms with van der Waals surface area (Å²) < 4.78 is 18.9. The van der Waals surface area contributed by atoms with Crippen LogP contribution in [0.3, 0.4) is 0 Å². The third-order valence-electron chi connectivity index (χ3n) is 3.35. The molecule has 2 atom stereocenters. The van der Waals surface area contributed by atoms with Gasteiger partial charge < -0.3 is 10.1 Å². The minimum atomic E-state index is -0.291. The zero-order chi connectivity index (χ0) is 13.1. The van der Waals surface area contributed by atoms with Gasteiger partial charge in [-0.2, -0.15) is 0 Å². The van der Waals surface area contributed by atoms with Gasteiger partial charge in [0.15, 0.2) is 0 Å². The van der Waals surface area contributed by atoms with Gasteiger partial charge in [-0.1, -0.05) is 17.7 Å². The number of aryl methyl sites for hydroxylation is 1. The fraction of sp³-hybridized carbons (Fsp3) is 0.500. The highest BCUT2D eigenvalue weighted by atomic mass is 19.1. The van der Waals surface area contributed by atoms with Crippen molar-refractivity contribution in [3.63, 3.8) is 0 Å². The number of ether oxygens (including phenoxy) is 1. The molecular formula is C14H18FNO2. The van der Waals surface area contributed by atoms with Crippen LogP contribution in [0.2, 0.25) is 0 Å². The van der Waals surface area contributed by atoms with Crippen molar-refractivity contribution in [1.82, 2.24) is 5.32 Å². The van der Waals surface area contributed by atoms with Crippen LogP contribution in [0.25, 0.3) is 0 Å². The van der Waals surface area contributed by atoms with Crippen molar-refractivity contribution in [2.24, 2.45) is 5.92 Å². The lowest BCUT2D eigenvalue weighted by Gasteiger charge is -2.18. The molecule has 98 valence electrons. The first-order valence-corrected chi connectivity index (χ1v) is 6.27. The molecule has 1 aliphatic rings. The maximum Gasteiger partial charge on any atom is 0.310 e. The number of nitrogens with one attached hydrogen (secondary N) is 1. The molecular weight excluding hydrogens is 233 g/mol. The Labute approximate surface area is 106 Å². The van der Waals surface area contributed by atoms with Crippen molar-refractivity contribution in [1.29, 1.82) is 0 Å². The summed E-state index contributed by atoms with van der Waals surface area (Å²) in [4.78, 5) is 11.8. The van der Waals surface area contributed by atoms with E-state index in [0.29, 0.717) is 25.3 Å². The number of rotatable bonds is 3. The SMILES string of the molecule is CCOC(=O)C1CNCC1c1cc(C)ccc1F. The van der Waals surface area contributed by atoms with E-state index >= 15 is 0 Å². The van der Waals surface area contributed by atoms with E-state index in [4.69, 9.17) is 4.74 Å². The van der Waals surface area contributed by atoms with E-state index in [2.05, 4.69) is 5.32 Å². The molecule has 4 heteroatoms. The molecule has 1 fully saturated rings. The van der Waals surface area contributed by atoms with Crippen LogP contribution < -0.4 is 5.32 Å². The van der Waals surface area contributed by atoms with E-state index in [9.17, 15) is 9.18 Å². The Morgan fingerprint density at radius 1 is 1.50 bits per heavy atom. The molecule has 3 nitrogen and oxygen atoms in total. The number of hydrogen-bond acceptors (Lipinski definition) is 3. The number of halogens is 1. The van der Waals surface area contributed by atoms with E-state index in [1.165, 1.54) is 6.07 Å². The zero-order valence-corrected chi connectivity index (χ0v) is 10.7. The molecule has 18 heavy (non-hydrogen) atoms. The molecule has 1 aliphatic heterocycles. The lowest BCUT2D eigenvalue weighted by atomic mass is 9.88. The van der Waals surface area contributed by atoms with Gasteiger partial charge in [-0.15, -0.1) is 0 Å². The van der Waals surface area contributed by atoms with Crippen LogP contribution in [-0.2, 0) is 9.53 Å². The fourth-order valence-electron chi connectivity index (χ4n) is 2.45. The summed E-state index contributed by atoms with van der Waals surface area (Å²) in [5.41, 5.74) is 1.61. The largest absolute Gasteiger partial charge is 0.466 e. The van der Waals surface area contributed by atoms with Gasteiger partial charge in [0, 0.05) is 19.0 Å². The molecule has 2 rings (SSSR count). The standard InChI is InChI=1S/C14H18FNO2/c1-3-18-14(17)12-8-16-7-11(12)10-6-9(2)4-5-13(10)15/h4-6,11-12,16H,3,7-8H2,1-2H3. The molecule has 1 saturated heterocycles. The minimum absolute atomic E-state index is 0.135. The number of carbonyl (C=O) groups excluding carboxylic acids is 1. The molecule has 0 radical (unpaired) electrons. The first-order valence-electron chi connectivity index (χ1n) is 6.27. The van der Waals surface area contributed by atoms with Crippen LogP contribution in [0.5, 0.6) is 0 Å². The second kappa shape index (κ2) is 5.48. The molecule has 0 spiro atoms. The average molecular weight is 251 g/mol. The molecule has 0 amide bonds. The molecule has 0 bridgehead atoms. The summed E-state index contributed by atoms with van der Waals surface area (Å²) in [7, 11) is 0. The topological polar surface area (TPSA) is 38.3 Å². The van der Waals surface area contributed by atoms with Gasteiger partial charge >= 0.3 is 5.97 Å². The van der Waals surface area contributed by atoms with Gasteiger partial charge in [0.05, 0.1) is 12.5 Å². The molecule has 0 saturated carbocycles. The van der Waals surface area contributed by atoms with E-state index in [0.717, 1.165) is 5.56 Å². The van der Waals surface area contributed by atoms with Crippen LogP contribution in [0, 0.1) is 18.7 Å². The maximum atomic E-state index is 13.9. The first kappa shape index (κ1) is 13.0. The van der Waals surface area contributed by atoms with Crippen molar-refractivity contribution < 1.29 is 13.9 Å². The quantitative estimate of drug-likeness (QED) is 0.835. The molecule has 0 aliphatic carbocycles. The zero-order valence-electron chi connectivity index (χ0n) is 10.7. The summed E-state index contributed by atoms with van der Waals surface area (Å²) in [6.07, 6.45) is 0. The Morgan fingerprint density at radius 2 is 2.28 bits per heavy atom. The van der Waals surface area contributed by atoms with Crippen molar-refractivity contribution in [2.75, 3.05) is 19.7 Å². The normalized spacial score (nSPS) is 23.1. The number of esters is 1. The van der Waals surface area contributed by atoms with Crippen LogP contribution in [0.4, 0.5) is 4.39 Å². The third kappa shape index (κ3) is 2.53. The van der Waals surface area contributed by atoms with E-state index < -0.39 is 0 Å². The Kier molecular flexibility index (Phi) is 3.97. The van der Waals surface area contributed by atoms with Gasteiger partial charge in [0.1, 0.15) is 5.82 Å². The van der Waals surface area contributed by atoms with Crippen molar-refractivity contribution in [3.05, 3.63) is 35.1 Å². The van der Waals surface area contributed by atoms with E-state index in [1.54, 1.807) is 13.0 Å². The molecule has 0 aromatic heterocycles. The number of benzene rings is 1. The Bertz CT molecular complexity index is 447. The maximum absolute atomic E-state index is 13.9. The lowest BCUT2D eigenvalue weighted by molar-refractivity contribution is -0.147. The Hall–Kier alpha value is -1.42. The Balaban J connectivity index is 2.25. The van der Waals surface area contributed by atoms with Crippen molar-refractivity contribution >= 4 is 5.97 Å². The molecule has 1 aromatic rings. The van der Waals surface area contributed by atoms with Crippen LogP contribution in [-0.4, -0.2) is 25.7 Å².